The van der Waals surface area contributed by atoms with E-state index in [1.165, 1.54) is 0 Å². The molecule has 0 bridgehead atoms. The number of aliphatic hydroxyl groups is 1. The Bertz CT molecular complexity index is 988. The largest absolute Gasteiger partial charge is 0.497 e. The second-order valence-electron chi connectivity index (χ2n) is 6.48. The molecule has 4 nitrogen and oxygen atoms in total. The van der Waals surface area contributed by atoms with Crippen LogP contribution in [0.4, 0.5) is 5.69 Å². The summed E-state index contributed by atoms with van der Waals surface area (Å²) in [4.78, 5) is 15.0. The molecule has 0 radical (unpaired) electrons. The first-order valence-corrected chi connectivity index (χ1v) is 8.94. The van der Waals surface area contributed by atoms with Crippen molar-refractivity contribution in [3.05, 3.63) is 94.5 Å². The number of carbonyl (C=O) groups is 1. The van der Waals surface area contributed by atoms with E-state index in [0.29, 0.717) is 34.1 Å². The summed E-state index contributed by atoms with van der Waals surface area (Å²) >= 11 is 6.18. The number of carbonyl (C=O) groups excluding carboxylic acids is 1. The van der Waals surface area contributed by atoms with Gasteiger partial charge < -0.3 is 14.7 Å². The standard InChI is InChI=1S/C22H18ClNO3/c1-27-18-10-7-16(8-11-18)22(26)19-13-17(23)9-12-20(19)24(21(22)25)14-15-5-3-2-4-6-15/h2-13,26H,14H2,1H3. The SMILES string of the molecule is COc1ccc(C2(O)C(=O)N(Cc3ccccc3)c3ccc(Cl)cc32)cc1. The number of methoxy groups -OCH3 is 1. The summed E-state index contributed by atoms with van der Waals surface area (Å²) < 4.78 is 5.18. The third-order valence-electron chi connectivity index (χ3n) is 4.89. The molecule has 0 saturated heterocycles. The monoisotopic (exact) mass is 379 g/mol. The van der Waals surface area contributed by atoms with Crippen LogP contribution in [-0.4, -0.2) is 18.1 Å². The third-order valence-corrected chi connectivity index (χ3v) is 5.12. The van der Waals surface area contributed by atoms with Gasteiger partial charge >= 0.3 is 0 Å². The fourth-order valence-corrected chi connectivity index (χ4v) is 3.66. The van der Waals surface area contributed by atoms with Gasteiger partial charge in [-0.15, -0.1) is 0 Å². The first kappa shape index (κ1) is 17.6. The molecule has 0 aliphatic carbocycles. The van der Waals surface area contributed by atoms with Gasteiger partial charge in [0, 0.05) is 10.6 Å². The van der Waals surface area contributed by atoms with Crippen LogP contribution in [0, 0.1) is 0 Å². The van der Waals surface area contributed by atoms with Gasteiger partial charge in [-0.05, 0) is 41.5 Å². The summed E-state index contributed by atoms with van der Waals surface area (Å²) in [5.74, 6) is 0.258. The minimum absolute atomic E-state index is 0.368. The highest BCUT2D eigenvalue weighted by Gasteiger charge is 2.51. The third kappa shape index (κ3) is 2.87. The molecule has 1 aliphatic rings. The van der Waals surface area contributed by atoms with Gasteiger partial charge in [0.15, 0.2) is 5.60 Å². The molecule has 5 heteroatoms. The van der Waals surface area contributed by atoms with E-state index in [0.717, 1.165) is 5.56 Å². The van der Waals surface area contributed by atoms with Gasteiger partial charge in [-0.25, -0.2) is 0 Å². The van der Waals surface area contributed by atoms with Gasteiger partial charge in [-0.2, -0.15) is 0 Å². The van der Waals surface area contributed by atoms with Crippen LogP contribution in [0.3, 0.4) is 0 Å². The Morgan fingerprint density at radius 1 is 1.04 bits per heavy atom. The molecule has 136 valence electrons. The zero-order valence-electron chi connectivity index (χ0n) is 14.7. The molecule has 1 unspecified atom stereocenters. The lowest BCUT2D eigenvalue weighted by Gasteiger charge is -2.24. The Hall–Kier alpha value is -2.82. The van der Waals surface area contributed by atoms with E-state index < -0.39 is 11.5 Å². The van der Waals surface area contributed by atoms with Crippen LogP contribution in [0.1, 0.15) is 16.7 Å². The lowest BCUT2D eigenvalue weighted by molar-refractivity contribution is -0.132. The van der Waals surface area contributed by atoms with Crippen molar-refractivity contribution in [2.24, 2.45) is 0 Å². The summed E-state index contributed by atoms with van der Waals surface area (Å²) in [6.07, 6.45) is 0. The molecule has 1 N–H and O–H groups in total. The van der Waals surface area contributed by atoms with Crippen molar-refractivity contribution in [2.45, 2.75) is 12.1 Å². The van der Waals surface area contributed by atoms with Crippen molar-refractivity contribution in [1.29, 1.82) is 0 Å². The number of fused-ring (bicyclic) bond motifs is 1. The highest BCUT2D eigenvalue weighted by molar-refractivity contribution is 6.31. The molecule has 0 spiro atoms. The van der Waals surface area contributed by atoms with Crippen LogP contribution >= 0.6 is 11.6 Å². The molecule has 3 aromatic rings. The van der Waals surface area contributed by atoms with Crippen LogP contribution < -0.4 is 9.64 Å². The normalized spacial score (nSPS) is 18.5. The van der Waals surface area contributed by atoms with E-state index in [9.17, 15) is 9.90 Å². The van der Waals surface area contributed by atoms with E-state index in [1.807, 2.05) is 30.3 Å². The average Bonchev–Trinajstić information content (AvgIpc) is 2.91. The molecule has 0 fully saturated rings. The molecule has 4 rings (SSSR count). The number of hydrogen-bond acceptors (Lipinski definition) is 3. The number of amides is 1. The summed E-state index contributed by atoms with van der Waals surface area (Å²) in [5, 5.41) is 12.0. The van der Waals surface area contributed by atoms with Crippen LogP contribution in [-0.2, 0) is 16.9 Å². The Labute approximate surface area is 162 Å². The molecular formula is C22H18ClNO3. The molecule has 0 saturated carbocycles. The summed E-state index contributed by atoms with van der Waals surface area (Å²) in [5.41, 5.74) is 0.812. The topological polar surface area (TPSA) is 49.8 Å². The smallest absolute Gasteiger partial charge is 0.268 e. The second kappa shape index (κ2) is 6.72. The average molecular weight is 380 g/mol. The number of ether oxygens (including phenoxy) is 1. The van der Waals surface area contributed by atoms with Crippen molar-refractivity contribution in [1.82, 2.24) is 0 Å². The van der Waals surface area contributed by atoms with Crippen molar-refractivity contribution in [3.8, 4) is 5.75 Å². The minimum atomic E-state index is -1.79. The highest BCUT2D eigenvalue weighted by atomic mass is 35.5. The van der Waals surface area contributed by atoms with Crippen molar-refractivity contribution in [2.75, 3.05) is 12.0 Å². The number of rotatable bonds is 4. The predicted octanol–water partition coefficient (Wildman–Crippen LogP) is 4.13. The lowest BCUT2D eigenvalue weighted by Crippen LogP contribution is -2.40. The zero-order valence-corrected chi connectivity index (χ0v) is 15.5. The number of hydrogen-bond donors (Lipinski definition) is 1. The zero-order chi connectivity index (χ0) is 19.0. The van der Waals surface area contributed by atoms with E-state index in [4.69, 9.17) is 16.3 Å². The molecule has 0 aromatic heterocycles. The number of nitrogens with zero attached hydrogens (tertiary/aromatic N) is 1. The molecule has 1 amide bonds. The number of halogens is 1. The summed E-state index contributed by atoms with van der Waals surface area (Å²) in [7, 11) is 1.57. The molecule has 1 heterocycles. The van der Waals surface area contributed by atoms with Crippen LogP contribution in [0.15, 0.2) is 72.8 Å². The van der Waals surface area contributed by atoms with Gasteiger partial charge in [0.25, 0.3) is 5.91 Å². The van der Waals surface area contributed by atoms with Gasteiger partial charge in [0.05, 0.1) is 19.3 Å². The summed E-state index contributed by atoms with van der Waals surface area (Å²) in [6, 6.07) is 21.7. The quantitative estimate of drug-likeness (QED) is 0.741. The van der Waals surface area contributed by atoms with E-state index >= 15 is 0 Å². The number of anilines is 1. The molecule has 3 aromatic carbocycles. The Morgan fingerprint density at radius 2 is 1.74 bits per heavy atom. The fraction of sp³-hybridized carbons (Fsp3) is 0.136. The van der Waals surface area contributed by atoms with Crippen LogP contribution in [0.5, 0.6) is 5.75 Å². The van der Waals surface area contributed by atoms with Crippen molar-refractivity contribution in [3.63, 3.8) is 0 Å². The van der Waals surface area contributed by atoms with E-state index in [1.54, 1.807) is 54.5 Å². The maximum Gasteiger partial charge on any atom is 0.268 e. The maximum atomic E-state index is 13.4. The first-order chi connectivity index (χ1) is 13.0. The number of benzene rings is 3. The predicted molar refractivity (Wildman–Crippen MR) is 105 cm³/mol. The molecule has 1 atom stereocenters. The first-order valence-electron chi connectivity index (χ1n) is 8.57. The molecule has 27 heavy (non-hydrogen) atoms. The fourth-order valence-electron chi connectivity index (χ4n) is 3.49. The second-order valence-corrected chi connectivity index (χ2v) is 6.91. The molecule has 1 aliphatic heterocycles. The maximum absolute atomic E-state index is 13.4. The summed E-state index contributed by atoms with van der Waals surface area (Å²) in [6.45, 7) is 0.368. The Balaban J connectivity index is 1.83. The van der Waals surface area contributed by atoms with Gasteiger partial charge in [-0.1, -0.05) is 54.1 Å². The van der Waals surface area contributed by atoms with Crippen molar-refractivity contribution >= 4 is 23.2 Å². The Kier molecular flexibility index (Phi) is 4.38. The van der Waals surface area contributed by atoms with Gasteiger partial charge in [0.1, 0.15) is 5.75 Å². The van der Waals surface area contributed by atoms with Crippen LogP contribution in [0.2, 0.25) is 5.02 Å². The van der Waals surface area contributed by atoms with E-state index in [-0.39, 0.29) is 0 Å². The highest BCUT2D eigenvalue weighted by Crippen LogP contribution is 2.46. The van der Waals surface area contributed by atoms with Gasteiger partial charge in [-0.3, -0.25) is 4.79 Å². The Morgan fingerprint density at radius 3 is 2.41 bits per heavy atom. The van der Waals surface area contributed by atoms with E-state index in [2.05, 4.69) is 0 Å². The van der Waals surface area contributed by atoms with Crippen molar-refractivity contribution < 1.29 is 14.6 Å². The van der Waals surface area contributed by atoms with Crippen LogP contribution in [0.25, 0.3) is 0 Å². The van der Waals surface area contributed by atoms with Gasteiger partial charge in [0.2, 0.25) is 0 Å². The molecular weight excluding hydrogens is 362 g/mol. The minimum Gasteiger partial charge on any atom is -0.497 e. The lowest BCUT2D eigenvalue weighted by atomic mass is 9.87.